The highest BCUT2D eigenvalue weighted by Gasteiger charge is 2.28. The number of benzene rings is 2. The van der Waals surface area contributed by atoms with Crippen molar-refractivity contribution in [3.63, 3.8) is 0 Å². The lowest BCUT2D eigenvalue weighted by Gasteiger charge is -2.21. The Morgan fingerprint density at radius 2 is 1.93 bits per heavy atom. The van der Waals surface area contributed by atoms with E-state index in [0.29, 0.717) is 25.3 Å². The molecule has 0 radical (unpaired) electrons. The molecule has 1 aliphatic heterocycles. The van der Waals surface area contributed by atoms with Gasteiger partial charge < -0.3 is 19.7 Å². The Kier molecular flexibility index (Phi) is 6.56. The number of hydrogen-bond donors (Lipinski definition) is 1. The van der Waals surface area contributed by atoms with Gasteiger partial charge in [-0.15, -0.1) is 0 Å². The molecule has 2 aromatic carbocycles. The van der Waals surface area contributed by atoms with E-state index in [0.717, 1.165) is 5.56 Å². The minimum atomic E-state index is -0.961. The van der Waals surface area contributed by atoms with Gasteiger partial charge >= 0.3 is 0 Å². The van der Waals surface area contributed by atoms with Crippen molar-refractivity contribution in [3.05, 3.63) is 53.6 Å². The molecule has 2 atom stereocenters. The summed E-state index contributed by atoms with van der Waals surface area (Å²) in [5.74, 6) is -1.31. The summed E-state index contributed by atoms with van der Waals surface area (Å²) in [5.41, 5.74) is 1.20. The monoisotopic (exact) mass is 404 g/mol. The third-order valence-corrected chi connectivity index (χ3v) is 4.91. The summed E-state index contributed by atoms with van der Waals surface area (Å²) in [7, 11) is 0. The van der Waals surface area contributed by atoms with Crippen LogP contribution in [0.5, 0.6) is 11.5 Å². The zero-order valence-corrected chi connectivity index (χ0v) is 16.9. The number of rotatable bonds is 7. The van der Waals surface area contributed by atoms with Gasteiger partial charge in [-0.05, 0) is 43.7 Å². The zero-order valence-electron chi connectivity index (χ0n) is 16.9. The molecule has 2 aromatic rings. The molecule has 1 amide bonds. The average molecular weight is 404 g/mol. The minimum Gasteiger partial charge on any atom is -0.491 e. The summed E-state index contributed by atoms with van der Waals surface area (Å²) in [6, 6.07) is 10.4. The highest BCUT2D eigenvalue weighted by molar-refractivity contribution is 5.73. The number of ether oxygens (including phenoxy) is 2. The van der Waals surface area contributed by atoms with Crippen molar-refractivity contribution in [2.45, 2.75) is 39.3 Å². The van der Waals surface area contributed by atoms with Crippen LogP contribution in [0.25, 0.3) is 0 Å². The van der Waals surface area contributed by atoms with Crippen molar-refractivity contribution in [1.29, 1.82) is 0 Å². The third-order valence-electron chi connectivity index (χ3n) is 4.91. The van der Waals surface area contributed by atoms with Gasteiger partial charge in [0.25, 0.3) is 0 Å². The molecule has 7 heteroatoms. The standard InChI is InChI=1S/C22H26F2N2O3/c1-4-28-20-10-9-19(21(23)22(20)24)26-12-11-18(13-26)29-17-7-5-16(6-8-17)14(2)25-15(3)27/h5-10,14,18H,4,11-13H2,1-3H3,(H,25,27). The molecule has 5 nitrogen and oxygen atoms in total. The van der Waals surface area contributed by atoms with Crippen LogP contribution in [0, 0.1) is 11.6 Å². The highest BCUT2D eigenvalue weighted by atomic mass is 19.2. The van der Waals surface area contributed by atoms with Crippen molar-refractivity contribution in [3.8, 4) is 11.5 Å². The van der Waals surface area contributed by atoms with Gasteiger partial charge in [-0.3, -0.25) is 4.79 Å². The SMILES string of the molecule is CCOc1ccc(N2CCC(Oc3ccc(C(C)NC(C)=O)cc3)C2)c(F)c1F. The van der Waals surface area contributed by atoms with Crippen LogP contribution in [-0.4, -0.2) is 31.7 Å². The molecule has 0 aromatic heterocycles. The Hall–Kier alpha value is -2.83. The second-order valence-corrected chi connectivity index (χ2v) is 7.11. The normalized spacial score (nSPS) is 17.1. The Balaban J connectivity index is 1.62. The van der Waals surface area contributed by atoms with Crippen LogP contribution in [0.3, 0.4) is 0 Å². The number of anilines is 1. The van der Waals surface area contributed by atoms with Gasteiger partial charge in [0.1, 0.15) is 11.9 Å². The molecule has 0 saturated carbocycles. The van der Waals surface area contributed by atoms with Gasteiger partial charge in [0.05, 0.1) is 24.9 Å². The van der Waals surface area contributed by atoms with Crippen molar-refractivity contribution < 1.29 is 23.0 Å². The smallest absolute Gasteiger partial charge is 0.217 e. The van der Waals surface area contributed by atoms with Crippen LogP contribution < -0.4 is 19.7 Å². The van der Waals surface area contributed by atoms with E-state index in [1.807, 2.05) is 31.2 Å². The van der Waals surface area contributed by atoms with Gasteiger partial charge in [0, 0.05) is 19.9 Å². The van der Waals surface area contributed by atoms with Gasteiger partial charge in [-0.25, -0.2) is 4.39 Å². The van der Waals surface area contributed by atoms with Crippen LogP contribution in [0.4, 0.5) is 14.5 Å². The molecule has 156 valence electrons. The molecule has 0 aliphatic carbocycles. The topological polar surface area (TPSA) is 50.8 Å². The maximum absolute atomic E-state index is 14.4. The van der Waals surface area contributed by atoms with Crippen molar-refractivity contribution in [2.75, 3.05) is 24.6 Å². The van der Waals surface area contributed by atoms with Gasteiger partial charge in [-0.2, -0.15) is 4.39 Å². The highest BCUT2D eigenvalue weighted by Crippen LogP contribution is 2.31. The molecule has 1 N–H and O–H groups in total. The molecule has 1 aliphatic rings. The third kappa shape index (κ3) is 4.96. The maximum atomic E-state index is 14.4. The van der Waals surface area contributed by atoms with E-state index >= 15 is 0 Å². The summed E-state index contributed by atoms with van der Waals surface area (Å²) in [4.78, 5) is 13.0. The van der Waals surface area contributed by atoms with E-state index in [4.69, 9.17) is 9.47 Å². The zero-order chi connectivity index (χ0) is 21.0. The van der Waals surface area contributed by atoms with E-state index in [2.05, 4.69) is 5.32 Å². The fourth-order valence-corrected chi connectivity index (χ4v) is 3.49. The average Bonchev–Trinajstić information content (AvgIpc) is 3.14. The number of carbonyl (C=O) groups is 1. The van der Waals surface area contributed by atoms with E-state index in [1.54, 1.807) is 17.9 Å². The summed E-state index contributed by atoms with van der Waals surface area (Å²) in [6.45, 7) is 6.44. The second kappa shape index (κ2) is 9.11. The number of nitrogens with one attached hydrogen (secondary N) is 1. The Labute approximate surface area is 169 Å². The molecule has 1 fully saturated rings. The first kappa shape index (κ1) is 20.9. The van der Waals surface area contributed by atoms with Crippen LogP contribution in [-0.2, 0) is 4.79 Å². The predicted octanol–water partition coefficient (Wildman–Crippen LogP) is 4.22. The molecular weight excluding hydrogens is 378 g/mol. The first-order chi connectivity index (χ1) is 13.9. The molecule has 2 unspecified atom stereocenters. The molecule has 0 spiro atoms. The fourth-order valence-electron chi connectivity index (χ4n) is 3.49. The maximum Gasteiger partial charge on any atom is 0.217 e. The minimum absolute atomic E-state index is 0.0747. The molecular formula is C22H26F2N2O3. The molecule has 1 heterocycles. The summed E-state index contributed by atoms with van der Waals surface area (Å²) < 4.78 is 39.7. The quantitative estimate of drug-likeness (QED) is 0.751. The Bertz CT molecular complexity index is 858. The van der Waals surface area contributed by atoms with Crippen LogP contribution in [0.15, 0.2) is 36.4 Å². The van der Waals surface area contributed by atoms with Crippen molar-refractivity contribution in [1.82, 2.24) is 5.32 Å². The predicted molar refractivity (Wildman–Crippen MR) is 107 cm³/mol. The van der Waals surface area contributed by atoms with Gasteiger partial charge in [-0.1, -0.05) is 12.1 Å². The Morgan fingerprint density at radius 1 is 1.21 bits per heavy atom. The van der Waals surface area contributed by atoms with Crippen LogP contribution in [0.2, 0.25) is 0 Å². The fraction of sp³-hybridized carbons (Fsp3) is 0.409. The van der Waals surface area contributed by atoms with Crippen LogP contribution >= 0.6 is 0 Å². The summed E-state index contributed by atoms with van der Waals surface area (Å²) in [6.07, 6.45) is 0.584. The molecule has 1 saturated heterocycles. The van der Waals surface area contributed by atoms with Gasteiger partial charge in [0.15, 0.2) is 11.6 Å². The second-order valence-electron chi connectivity index (χ2n) is 7.11. The van der Waals surface area contributed by atoms with Crippen molar-refractivity contribution >= 4 is 11.6 Å². The van der Waals surface area contributed by atoms with Crippen LogP contribution in [0.1, 0.15) is 38.8 Å². The summed E-state index contributed by atoms with van der Waals surface area (Å²) >= 11 is 0. The molecule has 0 bridgehead atoms. The van der Waals surface area contributed by atoms with E-state index < -0.39 is 11.6 Å². The molecule has 29 heavy (non-hydrogen) atoms. The van der Waals surface area contributed by atoms with Crippen molar-refractivity contribution in [2.24, 2.45) is 0 Å². The first-order valence-corrected chi connectivity index (χ1v) is 9.78. The number of carbonyl (C=O) groups excluding carboxylic acids is 1. The van der Waals surface area contributed by atoms with E-state index in [9.17, 15) is 13.6 Å². The van der Waals surface area contributed by atoms with E-state index in [-0.39, 0.29) is 36.1 Å². The first-order valence-electron chi connectivity index (χ1n) is 9.78. The van der Waals surface area contributed by atoms with Gasteiger partial charge in [0.2, 0.25) is 11.7 Å². The molecule has 3 rings (SSSR count). The summed E-state index contributed by atoms with van der Waals surface area (Å²) in [5, 5.41) is 2.84. The number of halogens is 2. The number of amides is 1. The van der Waals surface area contributed by atoms with E-state index in [1.165, 1.54) is 13.0 Å². The number of hydrogen-bond acceptors (Lipinski definition) is 4. The Morgan fingerprint density at radius 3 is 2.59 bits per heavy atom. The number of nitrogens with zero attached hydrogens (tertiary/aromatic N) is 1. The lowest BCUT2D eigenvalue weighted by molar-refractivity contribution is -0.119. The lowest BCUT2D eigenvalue weighted by Crippen LogP contribution is -2.25. The lowest BCUT2D eigenvalue weighted by atomic mass is 10.1. The largest absolute Gasteiger partial charge is 0.491 e.